The third-order valence-corrected chi connectivity index (χ3v) is 3.02. The van der Waals surface area contributed by atoms with Gasteiger partial charge in [-0.15, -0.1) is 6.58 Å². The van der Waals surface area contributed by atoms with E-state index >= 15 is 0 Å². The van der Waals surface area contributed by atoms with E-state index < -0.39 is 11.7 Å². The van der Waals surface area contributed by atoms with Crippen LogP contribution in [0.15, 0.2) is 61.2 Å². The van der Waals surface area contributed by atoms with Crippen LogP contribution < -0.4 is 15.4 Å². The fourth-order valence-electron chi connectivity index (χ4n) is 1.94. The highest BCUT2D eigenvalue weighted by Crippen LogP contribution is 2.15. The van der Waals surface area contributed by atoms with Crippen molar-refractivity contribution in [2.45, 2.75) is 0 Å². The Labute approximate surface area is 139 Å². The fraction of sp³-hybridized carbons (Fsp3) is 0.111. The Morgan fingerprint density at radius 2 is 1.96 bits per heavy atom. The number of rotatable bonds is 7. The van der Waals surface area contributed by atoms with Gasteiger partial charge in [-0.3, -0.25) is 9.59 Å². The third kappa shape index (κ3) is 4.95. The largest absolute Gasteiger partial charge is 0.484 e. The summed E-state index contributed by atoms with van der Waals surface area (Å²) in [5.74, 6) is -0.973. The van der Waals surface area contributed by atoms with Crippen molar-refractivity contribution in [3.05, 3.63) is 72.6 Å². The Hall–Kier alpha value is -3.15. The number of hydrogen-bond acceptors (Lipinski definition) is 3. The molecule has 6 heteroatoms. The van der Waals surface area contributed by atoms with Crippen LogP contribution in [-0.4, -0.2) is 25.0 Å². The Kier molecular flexibility index (Phi) is 6.08. The first-order valence-corrected chi connectivity index (χ1v) is 7.26. The van der Waals surface area contributed by atoms with Gasteiger partial charge >= 0.3 is 0 Å². The maximum atomic E-state index is 13.1. The minimum Gasteiger partial charge on any atom is -0.484 e. The molecule has 0 saturated heterocycles. The van der Waals surface area contributed by atoms with Crippen LogP contribution in [0.2, 0.25) is 0 Å². The normalized spacial score (nSPS) is 9.88. The van der Waals surface area contributed by atoms with Crippen LogP contribution in [0.5, 0.6) is 5.75 Å². The number of benzene rings is 2. The monoisotopic (exact) mass is 328 g/mol. The quantitative estimate of drug-likeness (QED) is 0.768. The maximum absolute atomic E-state index is 13.1. The zero-order valence-corrected chi connectivity index (χ0v) is 12.9. The van der Waals surface area contributed by atoms with E-state index in [-0.39, 0.29) is 18.3 Å². The molecule has 0 fully saturated rings. The van der Waals surface area contributed by atoms with Crippen molar-refractivity contribution >= 4 is 17.5 Å². The molecule has 2 aromatic rings. The second-order valence-corrected chi connectivity index (χ2v) is 4.84. The number of halogens is 1. The van der Waals surface area contributed by atoms with Crippen LogP contribution in [0.25, 0.3) is 0 Å². The Bertz CT molecular complexity index is 747. The summed E-state index contributed by atoms with van der Waals surface area (Å²) in [5.41, 5.74) is 0.699. The van der Waals surface area contributed by atoms with Crippen LogP contribution in [0.3, 0.4) is 0 Å². The first kappa shape index (κ1) is 17.2. The van der Waals surface area contributed by atoms with Gasteiger partial charge in [0.1, 0.15) is 11.6 Å². The molecule has 0 heterocycles. The lowest BCUT2D eigenvalue weighted by atomic mass is 10.1. The molecule has 0 radical (unpaired) electrons. The average Bonchev–Trinajstić information content (AvgIpc) is 2.58. The molecule has 0 aliphatic heterocycles. The summed E-state index contributed by atoms with van der Waals surface area (Å²) in [4.78, 5) is 24.0. The minimum absolute atomic E-state index is 0.252. The van der Waals surface area contributed by atoms with Crippen molar-refractivity contribution in [1.82, 2.24) is 5.32 Å². The van der Waals surface area contributed by atoms with Crippen molar-refractivity contribution in [2.75, 3.05) is 18.5 Å². The summed E-state index contributed by atoms with van der Waals surface area (Å²) in [7, 11) is 0. The highest BCUT2D eigenvalue weighted by Gasteiger charge is 2.12. The molecule has 0 unspecified atom stereocenters. The lowest BCUT2D eigenvalue weighted by Gasteiger charge is -2.11. The number of carbonyl (C=O) groups excluding carboxylic acids is 2. The van der Waals surface area contributed by atoms with E-state index in [1.165, 1.54) is 18.2 Å². The molecule has 0 atom stereocenters. The smallest absolute Gasteiger partial charge is 0.262 e. The van der Waals surface area contributed by atoms with Gasteiger partial charge in [0, 0.05) is 12.6 Å². The summed E-state index contributed by atoms with van der Waals surface area (Å²) in [6.45, 7) is 3.55. The van der Waals surface area contributed by atoms with E-state index in [0.29, 0.717) is 17.8 Å². The highest BCUT2D eigenvalue weighted by atomic mass is 19.1. The van der Waals surface area contributed by atoms with E-state index in [1.807, 2.05) is 0 Å². The van der Waals surface area contributed by atoms with E-state index in [4.69, 9.17) is 4.74 Å². The Balaban J connectivity index is 1.98. The Morgan fingerprint density at radius 1 is 1.17 bits per heavy atom. The van der Waals surface area contributed by atoms with Crippen molar-refractivity contribution in [3.63, 3.8) is 0 Å². The zero-order chi connectivity index (χ0) is 17.4. The van der Waals surface area contributed by atoms with Crippen LogP contribution in [0.1, 0.15) is 10.4 Å². The van der Waals surface area contributed by atoms with Crippen LogP contribution in [0.4, 0.5) is 10.1 Å². The second-order valence-electron chi connectivity index (χ2n) is 4.84. The summed E-state index contributed by atoms with van der Waals surface area (Å²) in [6, 6.07) is 12.1. The number of hydrogen-bond donors (Lipinski definition) is 2. The second kappa shape index (κ2) is 8.47. The highest BCUT2D eigenvalue weighted by molar-refractivity contribution is 6.04. The molecule has 2 rings (SSSR count). The molecule has 0 bridgehead atoms. The lowest BCUT2D eigenvalue weighted by Crippen LogP contribution is -2.26. The molecule has 2 amide bonds. The predicted molar refractivity (Wildman–Crippen MR) is 89.5 cm³/mol. The number of carbonyl (C=O) groups is 2. The summed E-state index contributed by atoms with van der Waals surface area (Å²) in [6.07, 6.45) is 1.56. The molecule has 124 valence electrons. The maximum Gasteiger partial charge on any atom is 0.262 e. The van der Waals surface area contributed by atoms with E-state index in [0.717, 1.165) is 0 Å². The molecular formula is C18H17FN2O3. The Morgan fingerprint density at radius 3 is 2.71 bits per heavy atom. The van der Waals surface area contributed by atoms with Gasteiger partial charge in [0.25, 0.3) is 11.8 Å². The van der Waals surface area contributed by atoms with E-state index in [9.17, 15) is 14.0 Å². The number of amides is 2. The van der Waals surface area contributed by atoms with Gasteiger partial charge in [0.15, 0.2) is 6.61 Å². The molecule has 2 aromatic carbocycles. The van der Waals surface area contributed by atoms with Crippen molar-refractivity contribution in [3.8, 4) is 5.75 Å². The first-order chi connectivity index (χ1) is 11.6. The van der Waals surface area contributed by atoms with Gasteiger partial charge in [-0.05, 0) is 24.3 Å². The lowest BCUT2D eigenvalue weighted by molar-refractivity contribution is -0.118. The molecular weight excluding hydrogens is 311 g/mol. The number of nitrogens with one attached hydrogen (secondary N) is 2. The molecule has 0 aliphatic carbocycles. The van der Waals surface area contributed by atoms with Crippen molar-refractivity contribution < 1.29 is 18.7 Å². The molecule has 24 heavy (non-hydrogen) atoms. The zero-order valence-electron chi connectivity index (χ0n) is 12.9. The molecule has 0 saturated carbocycles. The summed E-state index contributed by atoms with van der Waals surface area (Å²) >= 11 is 0. The van der Waals surface area contributed by atoms with Crippen LogP contribution >= 0.6 is 0 Å². The van der Waals surface area contributed by atoms with Gasteiger partial charge < -0.3 is 15.4 Å². The van der Waals surface area contributed by atoms with Gasteiger partial charge in [0.05, 0.1) is 11.3 Å². The average molecular weight is 328 g/mol. The number of anilines is 1. The van der Waals surface area contributed by atoms with Crippen molar-refractivity contribution in [1.29, 1.82) is 0 Å². The molecule has 2 N–H and O–H groups in total. The minimum atomic E-state index is -0.455. The standard InChI is InChI=1S/C18H17FN2O3/c1-2-10-20-18(23)15-8-3-4-9-16(15)21-17(22)12-24-14-7-5-6-13(19)11-14/h2-9,11H,1,10,12H2,(H,20,23)(H,21,22). The molecule has 0 aromatic heterocycles. The van der Waals surface area contributed by atoms with Crippen molar-refractivity contribution in [2.24, 2.45) is 0 Å². The molecule has 0 spiro atoms. The van der Waals surface area contributed by atoms with Crippen LogP contribution in [-0.2, 0) is 4.79 Å². The topological polar surface area (TPSA) is 67.4 Å². The third-order valence-electron chi connectivity index (χ3n) is 3.02. The number of ether oxygens (including phenoxy) is 1. The predicted octanol–water partition coefficient (Wildman–Crippen LogP) is 2.76. The van der Waals surface area contributed by atoms with Gasteiger partial charge in [-0.25, -0.2) is 4.39 Å². The molecule has 0 aliphatic rings. The molecule has 5 nitrogen and oxygen atoms in total. The van der Waals surface area contributed by atoms with Gasteiger partial charge in [0.2, 0.25) is 0 Å². The SMILES string of the molecule is C=CCNC(=O)c1ccccc1NC(=O)COc1cccc(F)c1. The van der Waals surface area contributed by atoms with Gasteiger partial charge in [-0.2, -0.15) is 0 Å². The summed E-state index contributed by atoms with van der Waals surface area (Å²) < 4.78 is 18.3. The van der Waals surface area contributed by atoms with E-state index in [1.54, 1.807) is 36.4 Å². The fourth-order valence-corrected chi connectivity index (χ4v) is 1.94. The van der Waals surface area contributed by atoms with Gasteiger partial charge in [-0.1, -0.05) is 24.3 Å². The van der Waals surface area contributed by atoms with E-state index in [2.05, 4.69) is 17.2 Å². The first-order valence-electron chi connectivity index (χ1n) is 7.26. The number of para-hydroxylation sites is 1. The summed E-state index contributed by atoms with van der Waals surface area (Å²) in [5, 5.41) is 5.25. The van der Waals surface area contributed by atoms with Crippen LogP contribution in [0, 0.1) is 5.82 Å².